The second kappa shape index (κ2) is 12.2. The van der Waals surface area contributed by atoms with Gasteiger partial charge in [0.05, 0.1) is 6.33 Å². The van der Waals surface area contributed by atoms with Crippen molar-refractivity contribution in [2.45, 2.75) is 51.5 Å². The van der Waals surface area contributed by atoms with E-state index in [0.29, 0.717) is 77.2 Å². The number of anilines is 2. The summed E-state index contributed by atoms with van der Waals surface area (Å²) in [5.74, 6) is -0.191. The van der Waals surface area contributed by atoms with Crippen molar-refractivity contribution in [3.8, 4) is 5.75 Å². The van der Waals surface area contributed by atoms with Gasteiger partial charge in [-0.2, -0.15) is 9.97 Å². The van der Waals surface area contributed by atoms with Gasteiger partial charge in [0.2, 0.25) is 11.9 Å². The van der Waals surface area contributed by atoms with Crippen LogP contribution in [0.5, 0.6) is 5.75 Å². The van der Waals surface area contributed by atoms with Crippen molar-refractivity contribution in [1.82, 2.24) is 43.2 Å². The van der Waals surface area contributed by atoms with E-state index in [9.17, 15) is 19.2 Å². The van der Waals surface area contributed by atoms with Crippen LogP contribution in [0.3, 0.4) is 0 Å². The SMILES string of the molecule is CCn1c(=O)n(C)c(=O)c2c1nc(CCc1ccc(OCC(=O)Nc3nc(N)c4ncn([C@H]5CC[C@@H](C(N)=O)O5)c4n3)c3ncoc13)n2C. The molecular weight excluding hydrogens is 640 g/mol. The molecule has 5 aromatic heterocycles. The van der Waals surface area contributed by atoms with E-state index in [4.69, 9.17) is 25.4 Å². The van der Waals surface area contributed by atoms with Crippen LogP contribution in [0.15, 0.2) is 38.9 Å². The number of hydrogen-bond donors (Lipinski definition) is 3. The molecule has 1 saturated heterocycles. The van der Waals surface area contributed by atoms with Gasteiger partial charge in [0.1, 0.15) is 29.4 Å². The lowest BCUT2D eigenvalue weighted by atomic mass is 10.1. The van der Waals surface area contributed by atoms with E-state index in [1.807, 2.05) is 6.92 Å². The lowest BCUT2D eigenvalue weighted by Crippen LogP contribution is -2.38. The Hall–Kier alpha value is -6.11. The number of nitrogens with zero attached hydrogens (tertiary/aromatic N) is 9. The molecule has 2 amide bonds. The molecule has 1 aromatic carbocycles. The number of aromatic nitrogens is 9. The number of nitrogens with one attached hydrogen (secondary N) is 1. The summed E-state index contributed by atoms with van der Waals surface area (Å²) in [6.45, 7) is 1.79. The molecule has 7 rings (SSSR count). The minimum atomic E-state index is -0.719. The first-order valence-corrected chi connectivity index (χ1v) is 15.4. The maximum Gasteiger partial charge on any atom is 0.332 e. The molecule has 6 heterocycles. The first-order chi connectivity index (χ1) is 23.5. The summed E-state index contributed by atoms with van der Waals surface area (Å²) >= 11 is 0. The van der Waals surface area contributed by atoms with Gasteiger partial charge in [0.15, 0.2) is 46.7 Å². The topological polar surface area (TPSA) is 248 Å². The molecule has 0 bridgehead atoms. The highest BCUT2D eigenvalue weighted by Gasteiger charge is 2.32. The number of amides is 2. The average Bonchev–Trinajstić information content (AvgIpc) is 3.88. The van der Waals surface area contributed by atoms with Crippen LogP contribution in [-0.2, 0) is 47.8 Å². The van der Waals surface area contributed by atoms with E-state index < -0.39 is 42.0 Å². The summed E-state index contributed by atoms with van der Waals surface area (Å²) in [5, 5.41) is 2.59. The van der Waals surface area contributed by atoms with Crippen LogP contribution in [-0.4, -0.2) is 67.7 Å². The van der Waals surface area contributed by atoms with E-state index in [0.717, 1.165) is 10.1 Å². The van der Waals surface area contributed by atoms with Crippen molar-refractivity contribution in [2.24, 2.45) is 19.8 Å². The third-order valence-corrected chi connectivity index (χ3v) is 8.60. The van der Waals surface area contributed by atoms with Gasteiger partial charge in [0.25, 0.3) is 11.5 Å². The summed E-state index contributed by atoms with van der Waals surface area (Å²) in [5.41, 5.74) is 13.7. The summed E-state index contributed by atoms with van der Waals surface area (Å²) in [7, 11) is 3.20. The highest BCUT2D eigenvalue weighted by atomic mass is 16.5. The highest BCUT2D eigenvalue weighted by molar-refractivity contribution is 5.92. The van der Waals surface area contributed by atoms with E-state index in [1.165, 1.54) is 24.3 Å². The molecule has 0 unspecified atom stereocenters. The number of aryl methyl sites for hydroxylation is 4. The Labute approximate surface area is 275 Å². The van der Waals surface area contributed by atoms with E-state index >= 15 is 0 Å². The fourth-order valence-electron chi connectivity index (χ4n) is 6.07. The zero-order valence-electron chi connectivity index (χ0n) is 26.7. The summed E-state index contributed by atoms with van der Waals surface area (Å²) in [6, 6.07) is 3.49. The molecule has 1 aliphatic rings. The van der Waals surface area contributed by atoms with Gasteiger partial charge >= 0.3 is 5.69 Å². The molecule has 0 saturated carbocycles. The second-order valence-electron chi connectivity index (χ2n) is 11.6. The normalized spacial score (nSPS) is 16.2. The van der Waals surface area contributed by atoms with Crippen molar-refractivity contribution >= 4 is 57.0 Å². The van der Waals surface area contributed by atoms with Gasteiger partial charge in [0, 0.05) is 27.1 Å². The van der Waals surface area contributed by atoms with E-state index in [1.54, 1.807) is 28.3 Å². The molecule has 19 heteroatoms. The number of fused-ring (bicyclic) bond motifs is 3. The van der Waals surface area contributed by atoms with E-state index in [-0.39, 0.29) is 11.8 Å². The van der Waals surface area contributed by atoms with Gasteiger partial charge in [-0.1, -0.05) is 6.07 Å². The van der Waals surface area contributed by atoms with Crippen molar-refractivity contribution in [1.29, 1.82) is 0 Å². The number of hydrogen-bond acceptors (Lipinski definition) is 13. The predicted octanol–water partition coefficient (Wildman–Crippen LogP) is 0.282. The fourth-order valence-corrected chi connectivity index (χ4v) is 6.07. The van der Waals surface area contributed by atoms with Crippen molar-refractivity contribution in [3.63, 3.8) is 0 Å². The van der Waals surface area contributed by atoms with Crippen molar-refractivity contribution in [3.05, 3.63) is 57.1 Å². The molecule has 0 spiro atoms. The molecule has 19 nitrogen and oxygen atoms in total. The largest absolute Gasteiger partial charge is 0.481 e. The molecule has 49 heavy (non-hydrogen) atoms. The monoisotopic (exact) mass is 672 g/mol. The highest BCUT2D eigenvalue weighted by Crippen LogP contribution is 2.32. The Morgan fingerprint density at radius 3 is 2.61 bits per heavy atom. The quantitative estimate of drug-likeness (QED) is 0.177. The molecule has 0 aliphatic carbocycles. The number of carbonyl (C=O) groups is 2. The summed E-state index contributed by atoms with van der Waals surface area (Å²) < 4.78 is 23.1. The zero-order chi connectivity index (χ0) is 34.6. The number of ether oxygens (including phenoxy) is 2. The number of nitrogen functional groups attached to an aromatic ring is 1. The Bertz CT molecular complexity index is 2400. The van der Waals surface area contributed by atoms with Crippen LogP contribution >= 0.6 is 0 Å². The first-order valence-electron chi connectivity index (χ1n) is 15.4. The Balaban J connectivity index is 1.05. The van der Waals surface area contributed by atoms with Crippen molar-refractivity contribution in [2.75, 3.05) is 17.7 Å². The molecule has 6 aromatic rings. The maximum absolute atomic E-state index is 12.9. The lowest BCUT2D eigenvalue weighted by molar-refractivity contribution is -0.130. The van der Waals surface area contributed by atoms with Crippen LogP contribution in [0.1, 0.15) is 37.4 Å². The number of benzene rings is 1. The third kappa shape index (κ3) is 5.42. The Morgan fingerprint density at radius 2 is 1.86 bits per heavy atom. The third-order valence-electron chi connectivity index (χ3n) is 8.60. The second-order valence-corrected chi connectivity index (χ2v) is 11.6. The van der Waals surface area contributed by atoms with Gasteiger partial charge in [-0.15, -0.1) is 0 Å². The van der Waals surface area contributed by atoms with Crippen LogP contribution < -0.4 is 32.8 Å². The number of carbonyl (C=O) groups excluding carboxylic acids is 2. The number of imidazole rings is 2. The van der Waals surface area contributed by atoms with Crippen LogP contribution in [0.4, 0.5) is 11.8 Å². The lowest BCUT2D eigenvalue weighted by Gasteiger charge is -2.14. The standard InChI is InChI=1S/C30H32N12O7/c1-4-41-27-22(28(45)40(3)30(41)46)39(2)17(35-27)9-6-14-5-7-15(20-23(14)48-13-34-20)47-11-18(43)36-29-37-24(31)21-26(38-29)42(12-33-21)19-10-8-16(49-19)25(32)44/h5,7,12-13,16,19H,4,6,8-11H2,1-3H3,(H2,32,44)(H3,31,36,37,38,43)/t16-,19+/m0/s1. The van der Waals surface area contributed by atoms with Crippen LogP contribution in [0, 0.1) is 0 Å². The fraction of sp³-hybridized carbons (Fsp3) is 0.367. The maximum atomic E-state index is 12.9. The first kappa shape index (κ1) is 31.5. The average molecular weight is 673 g/mol. The van der Waals surface area contributed by atoms with Crippen molar-refractivity contribution < 1.29 is 23.5 Å². The molecule has 5 N–H and O–H groups in total. The Morgan fingerprint density at radius 1 is 1.04 bits per heavy atom. The van der Waals surface area contributed by atoms with Gasteiger partial charge in [-0.05, 0) is 37.8 Å². The minimum absolute atomic E-state index is 0.0464. The van der Waals surface area contributed by atoms with Gasteiger partial charge in [-0.3, -0.25) is 33.4 Å². The van der Waals surface area contributed by atoms with Crippen LogP contribution in [0.25, 0.3) is 33.4 Å². The van der Waals surface area contributed by atoms with Crippen LogP contribution in [0.2, 0.25) is 0 Å². The molecular formula is C30H32N12O7. The molecule has 1 aliphatic heterocycles. The van der Waals surface area contributed by atoms with Gasteiger partial charge < -0.3 is 29.9 Å². The number of nitrogens with two attached hydrogens (primary N) is 2. The minimum Gasteiger partial charge on any atom is -0.481 e. The number of primary amides is 1. The number of oxazole rings is 1. The smallest absolute Gasteiger partial charge is 0.332 e. The predicted molar refractivity (Wildman–Crippen MR) is 174 cm³/mol. The Kier molecular flexibility index (Phi) is 7.81. The zero-order valence-corrected chi connectivity index (χ0v) is 26.7. The molecule has 1 fully saturated rings. The number of rotatable bonds is 10. The summed E-state index contributed by atoms with van der Waals surface area (Å²) in [4.78, 5) is 71.6. The summed E-state index contributed by atoms with van der Waals surface area (Å²) in [6.07, 6.45) is 3.40. The molecule has 2 atom stereocenters. The van der Waals surface area contributed by atoms with E-state index in [2.05, 4.69) is 30.2 Å². The molecule has 0 radical (unpaired) electrons. The molecule has 254 valence electrons. The van der Waals surface area contributed by atoms with Gasteiger partial charge in [-0.25, -0.2) is 19.7 Å².